The molecule has 4 heteroatoms. The van der Waals surface area contributed by atoms with E-state index in [4.69, 9.17) is 9.84 Å². The minimum atomic E-state index is -0.725. The molecule has 0 amide bonds. The molecule has 0 heterocycles. The number of carboxylic acids is 1. The van der Waals surface area contributed by atoms with Crippen molar-refractivity contribution in [2.24, 2.45) is 5.92 Å². The van der Waals surface area contributed by atoms with Crippen molar-refractivity contribution in [2.45, 2.75) is 50.5 Å². The van der Waals surface area contributed by atoms with Crippen molar-refractivity contribution in [3.05, 3.63) is 28.2 Å². The molecule has 1 unspecified atom stereocenters. The van der Waals surface area contributed by atoms with Crippen molar-refractivity contribution < 1.29 is 14.6 Å². The molecule has 0 spiro atoms. The van der Waals surface area contributed by atoms with E-state index in [-0.39, 0.29) is 12.3 Å². The summed E-state index contributed by atoms with van der Waals surface area (Å²) in [6.45, 7) is 0. The summed E-state index contributed by atoms with van der Waals surface area (Å²) in [6, 6.07) is 6.00. The van der Waals surface area contributed by atoms with Gasteiger partial charge in [-0.1, -0.05) is 15.9 Å². The lowest BCUT2D eigenvalue weighted by atomic mass is 9.90. The van der Waals surface area contributed by atoms with Gasteiger partial charge in [0, 0.05) is 10.4 Å². The van der Waals surface area contributed by atoms with E-state index in [0.717, 1.165) is 41.5 Å². The van der Waals surface area contributed by atoms with Gasteiger partial charge in [-0.2, -0.15) is 0 Å². The maximum atomic E-state index is 11.1. The second-order valence-electron chi connectivity index (χ2n) is 5.89. The van der Waals surface area contributed by atoms with Crippen LogP contribution >= 0.6 is 15.9 Å². The molecule has 1 aromatic rings. The van der Waals surface area contributed by atoms with Crippen LogP contribution in [0.1, 0.15) is 50.0 Å². The summed E-state index contributed by atoms with van der Waals surface area (Å²) in [7, 11) is 0. The molecule has 2 fully saturated rings. The second kappa shape index (κ2) is 5.76. The molecule has 20 heavy (non-hydrogen) atoms. The fraction of sp³-hybridized carbons (Fsp3) is 0.562. The van der Waals surface area contributed by atoms with E-state index in [1.807, 2.05) is 18.2 Å². The summed E-state index contributed by atoms with van der Waals surface area (Å²) in [5.74, 6) is 0.747. The average Bonchev–Trinajstić information content (AvgIpc) is 3.16. The van der Waals surface area contributed by atoms with Gasteiger partial charge >= 0.3 is 5.97 Å². The number of rotatable bonds is 6. The number of ether oxygens (including phenoxy) is 1. The van der Waals surface area contributed by atoms with Crippen molar-refractivity contribution in [3.63, 3.8) is 0 Å². The lowest BCUT2D eigenvalue weighted by molar-refractivity contribution is -0.137. The Kier molecular flexibility index (Phi) is 4.01. The van der Waals surface area contributed by atoms with Crippen molar-refractivity contribution in [1.82, 2.24) is 0 Å². The fourth-order valence-electron chi connectivity index (χ4n) is 2.80. The molecule has 3 nitrogen and oxygen atoms in total. The molecule has 1 atom stereocenters. The summed E-state index contributed by atoms with van der Waals surface area (Å²) in [4.78, 5) is 11.1. The van der Waals surface area contributed by atoms with E-state index in [9.17, 15) is 4.79 Å². The van der Waals surface area contributed by atoms with Crippen molar-refractivity contribution in [2.75, 3.05) is 0 Å². The highest BCUT2D eigenvalue weighted by Gasteiger charge is 2.36. The maximum absolute atomic E-state index is 11.1. The Morgan fingerprint density at radius 3 is 2.65 bits per heavy atom. The third-order valence-electron chi connectivity index (χ3n) is 4.30. The first kappa shape index (κ1) is 13.9. The van der Waals surface area contributed by atoms with Gasteiger partial charge < -0.3 is 9.84 Å². The second-order valence-corrected chi connectivity index (χ2v) is 6.81. The zero-order valence-electron chi connectivity index (χ0n) is 11.3. The van der Waals surface area contributed by atoms with Gasteiger partial charge in [-0.3, -0.25) is 4.79 Å². The zero-order chi connectivity index (χ0) is 14.1. The molecule has 0 aromatic heterocycles. The van der Waals surface area contributed by atoms with Crippen LogP contribution < -0.4 is 4.74 Å². The molecule has 3 rings (SSSR count). The topological polar surface area (TPSA) is 46.5 Å². The predicted octanol–water partition coefficient (Wildman–Crippen LogP) is 4.35. The Morgan fingerprint density at radius 1 is 1.35 bits per heavy atom. The number of carboxylic acid groups (broad SMARTS) is 1. The van der Waals surface area contributed by atoms with E-state index >= 15 is 0 Å². The number of aliphatic carboxylic acids is 1. The van der Waals surface area contributed by atoms with Gasteiger partial charge in [0.25, 0.3) is 0 Å². The Bertz CT molecular complexity index is 506. The van der Waals surface area contributed by atoms with E-state index in [0.29, 0.717) is 12.0 Å². The van der Waals surface area contributed by atoms with Gasteiger partial charge in [0.1, 0.15) is 5.75 Å². The number of halogens is 1. The van der Waals surface area contributed by atoms with E-state index in [1.165, 1.54) is 6.42 Å². The average molecular weight is 339 g/mol. The molecule has 2 aliphatic rings. The van der Waals surface area contributed by atoms with Crippen molar-refractivity contribution in [1.29, 1.82) is 0 Å². The minimum absolute atomic E-state index is 0.0834. The standard InChI is InChI=1S/C16H19BrO3/c17-11-6-7-15(20-12-2-1-3-12)14(8-11)13(9-16(18)19)10-4-5-10/h6-8,10,12-13H,1-5,9H2,(H,18,19). The van der Waals surface area contributed by atoms with Crippen LogP contribution in [0.2, 0.25) is 0 Å². The Hall–Kier alpha value is -1.03. The third kappa shape index (κ3) is 3.17. The van der Waals surface area contributed by atoms with Crippen molar-refractivity contribution >= 4 is 21.9 Å². The highest BCUT2D eigenvalue weighted by atomic mass is 79.9. The Labute approximate surface area is 127 Å². The quantitative estimate of drug-likeness (QED) is 0.838. The lowest BCUT2D eigenvalue weighted by Gasteiger charge is -2.29. The first-order chi connectivity index (χ1) is 9.63. The largest absolute Gasteiger partial charge is 0.490 e. The molecule has 0 radical (unpaired) electrons. The molecule has 1 N–H and O–H groups in total. The van der Waals surface area contributed by atoms with Gasteiger partial charge in [0.05, 0.1) is 12.5 Å². The van der Waals surface area contributed by atoms with Crippen LogP contribution in [0.5, 0.6) is 5.75 Å². The Balaban J connectivity index is 1.87. The summed E-state index contributed by atoms with van der Waals surface area (Å²) in [5, 5.41) is 9.17. The van der Waals surface area contributed by atoms with E-state index in [2.05, 4.69) is 15.9 Å². The molecular weight excluding hydrogens is 320 g/mol. The number of carbonyl (C=O) groups is 1. The zero-order valence-corrected chi connectivity index (χ0v) is 12.9. The fourth-order valence-corrected chi connectivity index (χ4v) is 3.18. The van der Waals surface area contributed by atoms with Crippen molar-refractivity contribution in [3.8, 4) is 5.75 Å². The summed E-state index contributed by atoms with van der Waals surface area (Å²) in [5.41, 5.74) is 1.07. The van der Waals surface area contributed by atoms with Crippen LogP contribution in [0.25, 0.3) is 0 Å². The number of hydrogen-bond acceptors (Lipinski definition) is 2. The lowest BCUT2D eigenvalue weighted by Crippen LogP contribution is -2.25. The SMILES string of the molecule is O=C(O)CC(c1cc(Br)ccc1OC1CCC1)C1CC1. The van der Waals surface area contributed by atoms with Crippen LogP contribution in [-0.4, -0.2) is 17.2 Å². The first-order valence-corrected chi connectivity index (χ1v) is 8.10. The van der Waals surface area contributed by atoms with Gasteiger partial charge in [0.2, 0.25) is 0 Å². The molecule has 2 aliphatic carbocycles. The molecule has 108 valence electrons. The molecule has 0 bridgehead atoms. The highest BCUT2D eigenvalue weighted by Crippen LogP contribution is 2.48. The summed E-state index contributed by atoms with van der Waals surface area (Å²) < 4.78 is 7.05. The normalized spacial score (nSPS) is 20.2. The van der Waals surface area contributed by atoms with Crippen LogP contribution in [0.3, 0.4) is 0 Å². The van der Waals surface area contributed by atoms with Crippen LogP contribution in [0, 0.1) is 5.92 Å². The molecule has 2 saturated carbocycles. The predicted molar refractivity (Wildman–Crippen MR) is 80.1 cm³/mol. The molecule has 0 aliphatic heterocycles. The van der Waals surface area contributed by atoms with Gasteiger partial charge in [-0.25, -0.2) is 0 Å². The summed E-state index contributed by atoms with van der Waals surface area (Å²) >= 11 is 3.49. The third-order valence-corrected chi connectivity index (χ3v) is 4.80. The molecular formula is C16H19BrO3. The van der Waals surface area contributed by atoms with Gasteiger partial charge in [0.15, 0.2) is 0 Å². The smallest absolute Gasteiger partial charge is 0.303 e. The monoisotopic (exact) mass is 338 g/mol. The van der Waals surface area contributed by atoms with Gasteiger partial charge in [-0.15, -0.1) is 0 Å². The highest BCUT2D eigenvalue weighted by molar-refractivity contribution is 9.10. The Morgan fingerprint density at radius 2 is 2.10 bits per heavy atom. The maximum Gasteiger partial charge on any atom is 0.303 e. The van der Waals surface area contributed by atoms with E-state index < -0.39 is 5.97 Å². The first-order valence-electron chi connectivity index (χ1n) is 7.31. The van der Waals surface area contributed by atoms with E-state index in [1.54, 1.807) is 0 Å². The van der Waals surface area contributed by atoms with Gasteiger partial charge in [-0.05, 0) is 61.8 Å². The minimum Gasteiger partial charge on any atom is -0.490 e. The molecule has 1 aromatic carbocycles. The van der Waals surface area contributed by atoms with Crippen LogP contribution in [0.15, 0.2) is 22.7 Å². The molecule has 0 saturated heterocycles. The number of hydrogen-bond donors (Lipinski definition) is 1. The summed E-state index contributed by atoms with van der Waals surface area (Å²) in [6.07, 6.45) is 6.24. The van der Waals surface area contributed by atoms with Crippen LogP contribution in [0.4, 0.5) is 0 Å². The number of benzene rings is 1. The van der Waals surface area contributed by atoms with Crippen LogP contribution in [-0.2, 0) is 4.79 Å².